The quantitative estimate of drug-likeness (QED) is 0.690. The van der Waals surface area contributed by atoms with E-state index in [0.717, 1.165) is 0 Å². The molecule has 0 bridgehead atoms. The number of nitro groups is 1. The summed E-state index contributed by atoms with van der Waals surface area (Å²) in [5.41, 5.74) is -0.318. The number of aromatic nitrogens is 1. The molecule has 0 aliphatic heterocycles. The Morgan fingerprint density at radius 3 is 2.68 bits per heavy atom. The summed E-state index contributed by atoms with van der Waals surface area (Å²) in [5, 5.41) is 13.5. The SMILES string of the molecule is O=C(Nc1ncccc1Cl)c1ccccc1[N+](=O)[O-]. The third kappa shape index (κ3) is 2.86. The van der Waals surface area contributed by atoms with E-state index in [4.69, 9.17) is 11.6 Å². The fourth-order valence-corrected chi connectivity index (χ4v) is 1.65. The van der Waals surface area contributed by atoms with Crippen LogP contribution in [0.5, 0.6) is 0 Å². The number of anilines is 1. The summed E-state index contributed by atoms with van der Waals surface area (Å²) >= 11 is 5.85. The number of para-hydroxylation sites is 1. The normalized spacial score (nSPS) is 9.95. The Kier molecular flexibility index (Phi) is 3.72. The Hall–Kier alpha value is -2.47. The highest BCUT2D eigenvalue weighted by Crippen LogP contribution is 2.21. The van der Waals surface area contributed by atoms with Crippen LogP contribution in [0.2, 0.25) is 5.02 Å². The maximum Gasteiger partial charge on any atom is 0.282 e. The van der Waals surface area contributed by atoms with Gasteiger partial charge in [-0.15, -0.1) is 0 Å². The van der Waals surface area contributed by atoms with Crippen molar-refractivity contribution in [3.05, 3.63) is 63.3 Å². The Morgan fingerprint density at radius 1 is 1.26 bits per heavy atom. The van der Waals surface area contributed by atoms with Crippen molar-refractivity contribution >= 4 is 29.0 Å². The Balaban J connectivity index is 2.31. The van der Waals surface area contributed by atoms with E-state index in [2.05, 4.69) is 10.3 Å². The van der Waals surface area contributed by atoms with E-state index in [1.165, 1.54) is 24.4 Å². The van der Waals surface area contributed by atoms with E-state index in [1.807, 2.05) is 0 Å². The molecule has 0 aliphatic carbocycles. The van der Waals surface area contributed by atoms with Crippen LogP contribution in [0.15, 0.2) is 42.6 Å². The number of halogens is 1. The van der Waals surface area contributed by atoms with E-state index in [1.54, 1.807) is 18.2 Å². The van der Waals surface area contributed by atoms with E-state index in [9.17, 15) is 14.9 Å². The van der Waals surface area contributed by atoms with Crippen LogP contribution in [0.4, 0.5) is 11.5 Å². The second kappa shape index (κ2) is 5.45. The lowest BCUT2D eigenvalue weighted by Crippen LogP contribution is -2.15. The number of nitro benzene ring substituents is 1. The van der Waals surface area contributed by atoms with Gasteiger partial charge in [0.25, 0.3) is 11.6 Å². The monoisotopic (exact) mass is 277 g/mol. The molecule has 19 heavy (non-hydrogen) atoms. The molecule has 1 N–H and O–H groups in total. The zero-order chi connectivity index (χ0) is 13.8. The standard InChI is InChI=1S/C12H8ClN3O3/c13-9-5-3-7-14-11(9)15-12(17)8-4-1-2-6-10(8)16(18)19/h1-7H,(H,14,15,17). The van der Waals surface area contributed by atoms with Crippen molar-refractivity contribution in [3.63, 3.8) is 0 Å². The minimum Gasteiger partial charge on any atom is -0.305 e. The average Bonchev–Trinajstić information content (AvgIpc) is 2.41. The molecule has 0 aliphatic rings. The molecule has 2 rings (SSSR count). The smallest absolute Gasteiger partial charge is 0.282 e. The van der Waals surface area contributed by atoms with Crippen molar-refractivity contribution in [2.24, 2.45) is 0 Å². The molecule has 0 unspecified atom stereocenters. The molecule has 0 spiro atoms. The average molecular weight is 278 g/mol. The van der Waals surface area contributed by atoms with Crippen LogP contribution in [0, 0.1) is 10.1 Å². The maximum atomic E-state index is 12.0. The Bertz CT molecular complexity index is 646. The molecule has 7 heteroatoms. The van der Waals surface area contributed by atoms with Gasteiger partial charge in [-0.1, -0.05) is 23.7 Å². The molecule has 0 saturated heterocycles. The van der Waals surface area contributed by atoms with Gasteiger partial charge in [-0.3, -0.25) is 14.9 Å². The number of nitrogens with zero attached hydrogens (tertiary/aromatic N) is 2. The second-order valence-electron chi connectivity index (χ2n) is 3.56. The predicted molar refractivity (Wildman–Crippen MR) is 70.3 cm³/mol. The van der Waals surface area contributed by atoms with Crippen molar-refractivity contribution in [1.82, 2.24) is 4.98 Å². The zero-order valence-corrected chi connectivity index (χ0v) is 10.3. The lowest BCUT2D eigenvalue weighted by atomic mass is 10.1. The van der Waals surface area contributed by atoms with Gasteiger partial charge in [0.1, 0.15) is 5.56 Å². The van der Waals surface area contributed by atoms with Crippen LogP contribution in [-0.2, 0) is 0 Å². The molecule has 6 nitrogen and oxygen atoms in total. The number of hydrogen-bond donors (Lipinski definition) is 1. The molecule has 0 radical (unpaired) electrons. The molecule has 96 valence electrons. The molecule has 2 aromatic rings. The molecule has 0 atom stereocenters. The van der Waals surface area contributed by atoms with Gasteiger partial charge in [0, 0.05) is 12.3 Å². The summed E-state index contributed by atoms with van der Waals surface area (Å²) in [6.07, 6.45) is 1.46. The van der Waals surface area contributed by atoms with Crippen molar-refractivity contribution < 1.29 is 9.72 Å². The molecule has 1 aromatic heterocycles. The fourth-order valence-electron chi connectivity index (χ4n) is 1.48. The first-order chi connectivity index (χ1) is 9.09. The molecule has 1 aromatic carbocycles. The van der Waals surface area contributed by atoms with E-state index in [0.29, 0.717) is 0 Å². The van der Waals surface area contributed by atoms with Crippen LogP contribution < -0.4 is 5.32 Å². The maximum absolute atomic E-state index is 12.0. The summed E-state index contributed by atoms with van der Waals surface area (Å²) < 4.78 is 0. The summed E-state index contributed by atoms with van der Waals surface area (Å²) in [5.74, 6) is -0.472. The fraction of sp³-hybridized carbons (Fsp3) is 0. The van der Waals surface area contributed by atoms with Gasteiger partial charge in [0.05, 0.1) is 9.95 Å². The van der Waals surface area contributed by atoms with Crippen molar-refractivity contribution in [1.29, 1.82) is 0 Å². The minimum absolute atomic E-state index is 0.0470. The van der Waals surface area contributed by atoms with E-state index in [-0.39, 0.29) is 22.1 Å². The first-order valence-electron chi connectivity index (χ1n) is 5.25. The highest BCUT2D eigenvalue weighted by molar-refractivity contribution is 6.33. The minimum atomic E-state index is -0.632. The second-order valence-corrected chi connectivity index (χ2v) is 3.97. The van der Waals surface area contributed by atoms with Crippen molar-refractivity contribution in [3.8, 4) is 0 Å². The third-order valence-electron chi connectivity index (χ3n) is 2.34. The van der Waals surface area contributed by atoms with Crippen LogP contribution in [0.1, 0.15) is 10.4 Å². The molecule has 1 heterocycles. The highest BCUT2D eigenvalue weighted by atomic mass is 35.5. The van der Waals surface area contributed by atoms with Gasteiger partial charge >= 0.3 is 0 Å². The number of benzene rings is 1. The number of hydrogen-bond acceptors (Lipinski definition) is 4. The highest BCUT2D eigenvalue weighted by Gasteiger charge is 2.19. The predicted octanol–water partition coefficient (Wildman–Crippen LogP) is 2.90. The first-order valence-corrected chi connectivity index (χ1v) is 5.62. The number of carbonyl (C=O) groups excluding carboxylic acids is 1. The van der Waals surface area contributed by atoms with Crippen molar-refractivity contribution in [2.45, 2.75) is 0 Å². The summed E-state index contributed by atoms with van der Waals surface area (Å²) in [7, 11) is 0. The van der Waals surface area contributed by atoms with Gasteiger partial charge in [0.15, 0.2) is 5.82 Å². The van der Waals surface area contributed by atoms with Crippen LogP contribution in [0.25, 0.3) is 0 Å². The third-order valence-corrected chi connectivity index (χ3v) is 2.64. The molecule has 0 saturated carbocycles. The first kappa shape index (κ1) is 13.0. The lowest BCUT2D eigenvalue weighted by Gasteiger charge is -2.06. The number of pyridine rings is 1. The molecular weight excluding hydrogens is 270 g/mol. The van der Waals surface area contributed by atoms with Crippen LogP contribution in [-0.4, -0.2) is 15.8 Å². The van der Waals surface area contributed by atoms with Crippen LogP contribution in [0.3, 0.4) is 0 Å². The lowest BCUT2D eigenvalue weighted by molar-refractivity contribution is -0.385. The number of rotatable bonds is 3. The summed E-state index contributed by atoms with van der Waals surface area (Å²) in [6.45, 7) is 0. The van der Waals surface area contributed by atoms with Gasteiger partial charge in [0.2, 0.25) is 0 Å². The zero-order valence-electron chi connectivity index (χ0n) is 9.54. The van der Waals surface area contributed by atoms with Gasteiger partial charge in [-0.05, 0) is 18.2 Å². The van der Waals surface area contributed by atoms with Crippen molar-refractivity contribution in [2.75, 3.05) is 5.32 Å². The van der Waals surface area contributed by atoms with Gasteiger partial charge in [-0.2, -0.15) is 0 Å². The van der Waals surface area contributed by atoms with E-state index < -0.39 is 10.8 Å². The summed E-state index contributed by atoms with van der Waals surface area (Å²) in [6, 6.07) is 8.83. The van der Waals surface area contributed by atoms with E-state index >= 15 is 0 Å². The number of carbonyl (C=O) groups is 1. The van der Waals surface area contributed by atoms with Crippen LogP contribution >= 0.6 is 11.6 Å². The topological polar surface area (TPSA) is 85.1 Å². The van der Waals surface area contributed by atoms with Gasteiger partial charge < -0.3 is 5.32 Å². The van der Waals surface area contributed by atoms with Gasteiger partial charge in [-0.25, -0.2) is 4.98 Å². The number of amides is 1. The number of nitrogens with one attached hydrogen (secondary N) is 1. The summed E-state index contributed by atoms with van der Waals surface area (Å²) in [4.78, 5) is 26.1. The molecular formula is C12H8ClN3O3. The largest absolute Gasteiger partial charge is 0.305 e. The Labute approximate surface area is 113 Å². The molecule has 0 fully saturated rings. The Morgan fingerprint density at radius 2 is 2.00 bits per heavy atom. The molecule has 1 amide bonds.